The molecular formula is C48H78O18. The van der Waals surface area contributed by atoms with Crippen molar-refractivity contribution in [3.05, 3.63) is 11.6 Å². The number of esters is 1. The van der Waals surface area contributed by atoms with E-state index in [0.717, 1.165) is 44.9 Å². The van der Waals surface area contributed by atoms with Crippen LogP contribution in [0, 0.1) is 50.2 Å². The van der Waals surface area contributed by atoms with Crippen LogP contribution in [-0.4, -0.2) is 180 Å². The molecule has 0 aromatic carbocycles. The fraction of sp³-hybridized carbons (Fsp3) is 0.938. The van der Waals surface area contributed by atoms with E-state index in [-0.39, 0.29) is 39.4 Å². The van der Waals surface area contributed by atoms with Gasteiger partial charge in [-0.15, -0.1) is 0 Å². The molecule has 3 saturated heterocycles. The van der Waals surface area contributed by atoms with Gasteiger partial charge in [0, 0.05) is 0 Å². The molecular weight excluding hydrogens is 865 g/mol. The summed E-state index contributed by atoms with van der Waals surface area (Å²) in [5.74, 6) is -0.157. The van der Waals surface area contributed by atoms with Gasteiger partial charge in [0.2, 0.25) is 6.29 Å². The van der Waals surface area contributed by atoms with Crippen molar-refractivity contribution in [3.63, 3.8) is 0 Å². The van der Waals surface area contributed by atoms with Crippen LogP contribution in [0.5, 0.6) is 0 Å². The number of hydrogen-bond acceptors (Lipinski definition) is 18. The number of allylic oxidation sites excluding steroid dienone is 2. The lowest BCUT2D eigenvalue weighted by Gasteiger charge is -2.71. The Kier molecular flexibility index (Phi) is 13.9. The number of aliphatic hydroxyl groups excluding tert-OH is 11. The molecule has 0 bridgehead atoms. The minimum absolute atomic E-state index is 0.0540. The summed E-state index contributed by atoms with van der Waals surface area (Å²) in [7, 11) is 0. The standard InChI is InChI=1S/C48H78O18/c1-43(2)14-16-48(42(60)66-41-36(58)33(55)31(53)25(20-50)62-41)17-15-46(6)22(23(48)18-43)8-9-28-45(5)12-11-29(44(3,4)27(45)10-13-47(28,46)7)64-39-37(59)34(56)38(26(21-51)63-39)65-40-35(57)32(54)30(52)24(19-49)61-40/h8,23-41,49-59H,9-21H2,1-7H3/t23-,24+,25+,26+,27+,28-,29+,30-,31+,32-,33-,34+,35+,36+,37+,38+,39-,40-,41-,45-,46+,47+,48-/m0/s1. The van der Waals surface area contributed by atoms with Crippen molar-refractivity contribution in [1.29, 1.82) is 0 Å². The summed E-state index contributed by atoms with van der Waals surface area (Å²) in [6.45, 7) is 14.1. The van der Waals surface area contributed by atoms with Gasteiger partial charge in [-0.2, -0.15) is 0 Å². The van der Waals surface area contributed by atoms with Gasteiger partial charge in [0.15, 0.2) is 12.6 Å². The summed E-state index contributed by atoms with van der Waals surface area (Å²) in [6, 6.07) is 0. The highest BCUT2D eigenvalue weighted by Gasteiger charge is 2.70. The van der Waals surface area contributed by atoms with Gasteiger partial charge in [-0.3, -0.25) is 4.79 Å². The molecule has 0 aromatic rings. The van der Waals surface area contributed by atoms with E-state index < -0.39 is 135 Å². The molecule has 0 spiro atoms. The second kappa shape index (κ2) is 18.0. The first-order chi connectivity index (χ1) is 30.9. The smallest absolute Gasteiger partial charge is 0.315 e. The average Bonchev–Trinajstić information content (AvgIpc) is 3.27. The molecule has 0 radical (unpaired) electrons. The highest BCUT2D eigenvalue weighted by molar-refractivity contribution is 5.79. The summed E-state index contributed by atoms with van der Waals surface area (Å²) in [4.78, 5) is 14.7. The highest BCUT2D eigenvalue weighted by atomic mass is 16.7. The molecule has 18 nitrogen and oxygen atoms in total. The molecule has 8 rings (SSSR count). The van der Waals surface area contributed by atoms with Crippen molar-refractivity contribution in [2.75, 3.05) is 19.8 Å². The number of hydrogen-bond donors (Lipinski definition) is 11. The third-order valence-corrected chi connectivity index (χ3v) is 19.3. The molecule has 3 aliphatic heterocycles. The predicted molar refractivity (Wildman–Crippen MR) is 230 cm³/mol. The van der Waals surface area contributed by atoms with Gasteiger partial charge in [0.1, 0.15) is 73.2 Å². The van der Waals surface area contributed by atoms with Crippen LogP contribution in [-0.2, 0) is 33.2 Å². The molecule has 8 aliphatic rings. The van der Waals surface area contributed by atoms with Crippen molar-refractivity contribution in [2.24, 2.45) is 50.2 Å². The molecule has 378 valence electrons. The molecule has 0 aromatic heterocycles. The van der Waals surface area contributed by atoms with Crippen molar-refractivity contribution >= 4 is 5.97 Å². The Hall–Kier alpha value is -1.43. The zero-order chi connectivity index (χ0) is 48.3. The Morgan fingerprint density at radius 1 is 0.606 bits per heavy atom. The van der Waals surface area contributed by atoms with Gasteiger partial charge in [0.25, 0.3) is 0 Å². The van der Waals surface area contributed by atoms with Crippen LogP contribution >= 0.6 is 0 Å². The quantitative estimate of drug-likeness (QED) is 0.0833. The maximum atomic E-state index is 14.7. The van der Waals surface area contributed by atoms with Crippen molar-refractivity contribution < 1.29 is 89.4 Å². The van der Waals surface area contributed by atoms with Crippen LogP contribution in [0.4, 0.5) is 0 Å². The first-order valence-electron chi connectivity index (χ1n) is 24.3. The molecule has 5 aliphatic carbocycles. The van der Waals surface area contributed by atoms with Gasteiger partial charge >= 0.3 is 5.97 Å². The number of rotatable bonds is 9. The Morgan fingerprint density at radius 2 is 1.15 bits per heavy atom. The summed E-state index contributed by atoms with van der Waals surface area (Å²) in [5.41, 5.74) is -0.613. The average molecular weight is 943 g/mol. The number of ether oxygens (including phenoxy) is 6. The third kappa shape index (κ3) is 7.87. The van der Waals surface area contributed by atoms with Crippen molar-refractivity contribution in [1.82, 2.24) is 0 Å². The minimum atomic E-state index is -1.77. The topological polar surface area (TPSA) is 295 Å². The van der Waals surface area contributed by atoms with E-state index in [2.05, 4.69) is 54.5 Å². The summed E-state index contributed by atoms with van der Waals surface area (Å²) < 4.78 is 35.6. The fourth-order valence-electron chi connectivity index (χ4n) is 15.0. The Bertz CT molecular complexity index is 1790. The lowest BCUT2D eigenvalue weighted by molar-refractivity contribution is -0.368. The van der Waals surface area contributed by atoms with Gasteiger partial charge in [-0.05, 0) is 109 Å². The molecule has 23 atom stereocenters. The summed E-state index contributed by atoms with van der Waals surface area (Å²) in [5, 5.41) is 115. The molecule has 3 heterocycles. The number of carbonyl (C=O) groups excluding carboxylic acids is 1. The molecule has 66 heavy (non-hydrogen) atoms. The second-order valence-corrected chi connectivity index (χ2v) is 23.5. The first-order valence-corrected chi connectivity index (χ1v) is 24.3. The zero-order valence-electron chi connectivity index (χ0n) is 39.5. The van der Waals surface area contributed by atoms with E-state index in [0.29, 0.717) is 19.3 Å². The Labute approximate surface area is 387 Å². The maximum absolute atomic E-state index is 14.7. The maximum Gasteiger partial charge on any atom is 0.315 e. The zero-order valence-corrected chi connectivity index (χ0v) is 39.5. The second-order valence-electron chi connectivity index (χ2n) is 23.5. The largest absolute Gasteiger partial charge is 0.432 e. The van der Waals surface area contributed by atoms with E-state index in [1.165, 1.54) is 5.57 Å². The number of carbonyl (C=O) groups is 1. The number of aliphatic hydroxyl groups is 11. The SMILES string of the molecule is CC1(C)CC[C@]2(C(=O)O[C@@H]3O[C@H](CO)[C@@H](O)[C@H](O)[C@H]3O)CC[C@]3(C)C(=CC[C@H]4[C@@]5(C)CC[C@@H](O[C@@H]6O[C@H](CO)[C@@H](O[C@@H]7O[C@H](CO)[C@H](O)[C@H](O)[C@H]7O)[C@H](O)[C@H]6O)C(C)(C)[C@H]5CC[C@]43C)[C@@H]2C1. The number of fused-ring (bicyclic) bond motifs is 7. The highest BCUT2D eigenvalue weighted by Crippen LogP contribution is 2.76. The van der Waals surface area contributed by atoms with Crippen LogP contribution in [0.25, 0.3) is 0 Å². The van der Waals surface area contributed by atoms with E-state index in [1.807, 2.05) is 0 Å². The van der Waals surface area contributed by atoms with E-state index in [4.69, 9.17) is 28.4 Å². The van der Waals surface area contributed by atoms with Crippen LogP contribution in [0.2, 0.25) is 0 Å². The molecule has 4 saturated carbocycles. The predicted octanol–water partition coefficient (Wildman–Crippen LogP) is 0.141. The van der Waals surface area contributed by atoms with Crippen molar-refractivity contribution in [2.45, 2.75) is 211 Å². The van der Waals surface area contributed by atoms with Crippen LogP contribution < -0.4 is 0 Å². The van der Waals surface area contributed by atoms with Crippen LogP contribution in [0.1, 0.15) is 113 Å². The third-order valence-electron chi connectivity index (χ3n) is 19.3. The van der Waals surface area contributed by atoms with E-state index in [1.54, 1.807) is 0 Å². The minimum Gasteiger partial charge on any atom is -0.432 e. The van der Waals surface area contributed by atoms with Crippen LogP contribution in [0.3, 0.4) is 0 Å². The molecule has 0 unspecified atom stereocenters. The monoisotopic (exact) mass is 943 g/mol. The van der Waals surface area contributed by atoms with E-state index >= 15 is 0 Å². The first kappa shape index (κ1) is 50.9. The normalized spacial score (nSPS) is 53.3. The Balaban J connectivity index is 0.998. The molecule has 18 heteroatoms. The lowest BCUT2D eigenvalue weighted by Crippen LogP contribution is -2.67. The van der Waals surface area contributed by atoms with Gasteiger partial charge < -0.3 is 84.6 Å². The van der Waals surface area contributed by atoms with Crippen LogP contribution in [0.15, 0.2) is 11.6 Å². The van der Waals surface area contributed by atoms with Crippen molar-refractivity contribution in [3.8, 4) is 0 Å². The van der Waals surface area contributed by atoms with Gasteiger partial charge in [0.05, 0.1) is 31.3 Å². The lowest BCUT2D eigenvalue weighted by atomic mass is 9.33. The summed E-state index contributed by atoms with van der Waals surface area (Å²) in [6.07, 6.45) is -13.5. The van der Waals surface area contributed by atoms with E-state index in [9.17, 15) is 61.0 Å². The van der Waals surface area contributed by atoms with Gasteiger partial charge in [-0.1, -0.05) is 60.1 Å². The molecule has 0 amide bonds. The molecule has 7 fully saturated rings. The van der Waals surface area contributed by atoms with Gasteiger partial charge in [-0.25, -0.2) is 0 Å². The fourth-order valence-corrected chi connectivity index (χ4v) is 15.0. The summed E-state index contributed by atoms with van der Waals surface area (Å²) >= 11 is 0. The Morgan fingerprint density at radius 3 is 1.77 bits per heavy atom. The molecule has 11 N–H and O–H groups in total.